The molecule has 4 nitrogen and oxygen atoms in total. The van der Waals surface area contributed by atoms with Crippen molar-refractivity contribution in [2.24, 2.45) is 0 Å². The van der Waals surface area contributed by atoms with E-state index in [1.807, 2.05) is 45.0 Å². The Morgan fingerprint density at radius 2 is 1.85 bits per heavy atom. The van der Waals surface area contributed by atoms with Gasteiger partial charge in [0.15, 0.2) is 6.61 Å². The fourth-order valence-electron chi connectivity index (χ4n) is 1.62. The molecule has 0 aliphatic carbocycles. The lowest BCUT2D eigenvalue weighted by molar-refractivity contribution is -0.124. The summed E-state index contributed by atoms with van der Waals surface area (Å²) in [5.41, 5.74) is 1.02. The van der Waals surface area contributed by atoms with Gasteiger partial charge in [0.25, 0.3) is 5.91 Å². The largest absolute Gasteiger partial charge is 0.484 e. The highest BCUT2D eigenvalue weighted by Gasteiger charge is 2.17. The van der Waals surface area contributed by atoms with Gasteiger partial charge in [-0.3, -0.25) is 4.79 Å². The maximum absolute atomic E-state index is 11.8. The maximum Gasteiger partial charge on any atom is 0.258 e. The van der Waals surface area contributed by atoms with Crippen LogP contribution in [0.3, 0.4) is 0 Å². The van der Waals surface area contributed by atoms with Crippen molar-refractivity contribution in [2.75, 3.05) is 13.2 Å². The molecule has 0 saturated carbocycles. The van der Waals surface area contributed by atoms with Gasteiger partial charge in [-0.05, 0) is 44.5 Å². The minimum Gasteiger partial charge on any atom is -0.484 e. The lowest BCUT2D eigenvalue weighted by atomic mass is 10.0. The summed E-state index contributed by atoms with van der Waals surface area (Å²) in [6.45, 7) is 9.97. The SMILES string of the molecule is CCNCc1ccc(OCC(=O)NC(C)(C)CC)cc1. The molecular weight excluding hydrogens is 252 g/mol. The molecule has 0 spiro atoms. The van der Waals surface area contributed by atoms with Crippen LogP contribution in [0.2, 0.25) is 0 Å². The number of carbonyl (C=O) groups excluding carboxylic acids is 1. The van der Waals surface area contributed by atoms with Crippen LogP contribution in [0.4, 0.5) is 0 Å². The molecule has 20 heavy (non-hydrogen) atoms. The first-order valence-corrected chi connectivity index (χ1v) is 7.20. The molecule has 112 valence electrons. The minimum atomic E-state index is -0.184. The smallest absolute Gasteiger partial charge is 0.258 e. The normalized spacial score (nSPS) is 11.2. The molecule has 4 heteroatoms. The monoisotopic (exact) mass is 278 g/mol. The van der Waals surface area contributed by atoms with Gasteiger partial charge in [-0.25, -0.2) is 0 Å². The van der Waals surface area contributed by atoms with E-state index in [1.54, 1.807) is 0 Å². The van der Waals surface area contributed by atoms with Crippen molar-refractivity contribution >= 4 is 5.91 Å². The summed E-state index contributed by atoms with van der Waals surface area (Å²) < 4.78 is 5.49. The van der Waals surface area contributed by atoms with Crippen LogP contribution in [0.5, 0.6) is 5.75 Å². The molecule has 1 rings (SSSR count). The molecule has 0 aromatic heterocycles. The van der Waals surface area contributed by atoms with Gasteiger partial charge >= 0.3 is 0 Å². The molecule has 2 N–H and O–H groups in total. The number of ether oxygens (including phenoxy) is 1. The van der Waals surface area contributed by atoms with E-state index in [-0.39, 0.29) is 18.1 Å². The quantitative estimate of drug-likeness (QED) is 0.768. The first kappa shape index (κ1) is 16.5. The number of hydrogen-bond donors (Lipinski definition) is 2. The highest BCUT2D eigenvalue weighted by molar-refractivity contribution is 5.78. The Morgan fingerprint density at radius 3 is 2.40 bits per heavy atom. The maximum atomic E-state index is 11.8. The minimum absolute atomic E-state index is 0.0516. The summed E-state index contributed by atoms with van der Waals surface area (Å²) in [5, 5.41) is 6.20. The van der Waals surface area contributed by atoms with E-state index in [4.69, 9.17) is 4.74 Å². The van der Waals surface area contributed by atoms with Gasteiger partial charge in [0.05, 0.1) is 0 Å². The van der Waals surface area contributed by atoms with Gasteiger partial charge in [0, 0.05) is 12.1 Å². The topological polar surface area (TPSA) is 50.4 Å². The molecule has 0 heterocycles. The summed E-state index contributed by atoms with van der Waals surface area (Å²) in [6.07, 6.45) is 0.887. The molecule has 0 fully saturated rings. The standard InChI is InChI=1S/C16H26N2O2/c1-5-16(3,4)18-15(19)12-20-14-9-7-13(8-10-14)11-17-6-2/h7-10,17H,5-6,11-12H2,1-4H3,(H,18,19). The number of nitrogens with one attached hydrogen (secondary N) is 2. The van der Waals surface area contributed by atoms with Crippen LogP contribution in [0.25, 0.3) is 0 Å². The number of rotatable bonds is 8. The van der Waals surface area contributed by atoms with Crippen molar-refractivity contribution in [3.63, 3.8) is 0 Å². The zero-order valence-electron chi connectivity index (χ0n) is 13.0. The van der Waals surface area contributed by atoms with Crippen LogP contribution in [0.1, 0.15) is 39.7 Å². The number of amides is 1. The molecule has 0 bridgehead atoms. The van der Waals surface area contributed by atoms with Gasteiger partial charge < -0.3 is 15.4 Å². The summed E-state index contributed by atoms with van der Waals surface area (Å²) in [6, 6.07) is 7.80. The Labute approximate surface area is 121 Å². The van der Waals surface area contributed by atoms with Crippen molar-refractivity contribution in [3.8, 4) is 5.75 Å². The fourth-order valence-corrected chi connectivity index (χ4v) is 1.62. The van der Waals surface area contributed by atoms with E-state index in [2.05, 4.69) is 17.6 Å². The second-order valence-corrected chi connectivity index (χ2v) is 5.50. The molecule has 0 unspecified atom stereocenters. The molecule has 1 aromatic rings. The van der Waals surface area contributed by atoms with E-state index < -0.39 is 0 Å². The molecule has 0 radical (unpaired) electrons. The van der Waals surface area contributed by atoms with Crippen molar-refractivity contribution in [2.45, 2.75) is 46.2 Å². The first-order chi connectivity index (χ1) is 9.46. The summed E-state index contributed by atoms with van der Waals surface area (Å²) in [5.74, 6) is 0.628. The third kappa shape index (κ3) is 6.06. The third-order valence-electron chi connectivity index (χ3n) is 3.23. The summed E-state index contributed by atoms with van der Waals surface area (Å²) in [7, 11) is 0. The van der Waals surface area contributed by atoms with Crippen LogP contribution in [-0.4, -0.2) is 24.6 Å². The van der Waals surface area contributed by atoms with Crippen LogP contribution < -0.4 is 15.4 Å². The lowest BCUT2D eigenvalue weighted by Crippen LogP contribution is -2.44. The predicted octanol–water partition coefficient (Wildman–Crippen LogP) is 2.48. The van der Waals surface area contributed by atoms with Crippen LogP contribution in [-0.2, 0) is 11.3 Å². The zero-order chi connectivity index (χ0) is 15.0. The van der Waals surface area contributed by atoms with Gasteiger partial charge in [-0.15, -0.1) is 0 Å². The van der Waals surface area contributed by atoms with Crippen molar-refractivity contribution in [1.82, 2.24) is 10.6 Å². The summed E-state index contributed by atoms with van der Waals surface area (Å²) in [4.78, 5) is 11.8. The lowest BCUT2D eigenvalue weighted by Gasteiger charge is -2.24. The number of benzene rings is 1. The average Bonchev–Trinajstić information content (AvgIpc) is 2.43. The average molecular weight is 278 g/mol. The van der Waals surface area contributed by atoms with Gasteiger partial charge in [0.2, 0.25) is 0 Å². The van der Waals surface area contributed by atoms with E-state index in [0.717, 1.165) is 25.3 Å². The Bertz CT molecular complexity index is 413. The number of carbonyl (C=O) groups is 1. The van der Waals surface area contributed by atoms with E-state index >= 15 is 0 Å². The Morgan fingerprint density at radius 1 is 1.20 bits per heavy atom. The van der Waals surface area contributed by atoms with E-state index in [0.29, 0.717) is 0 Å². The molecule has 1 aromatic carbocycles. The van der Waals surface area contributed by atoms with E-state index in [1.165, 1.54) is 5.56 Å². The molecule has 0 aliphatic rings. The van der Waals surface area contributed by atoms with Gasteiger partial charge in [0.1, 0.15) is 5.75 Å². The molecular formula is C16H26N2O2. The fraction of sp³-hybridized carbons (Fsp3) is 0.562. The molecule has 1 amide bonds. The highest BCUT2D eigenvalue weighted by Crippen LogP contribution is 2.12. The van der Waals surface area contributed by atoms with Crippen molar-refractivity contribution in [3.05, 3.63) is 29.8 Å². The Balaban J connectivity index is 2.40. The van der Waals surface area contributed by atoms with Crippen LogP contribution in [0, 0.1) is 0 Å². The third-order valence-corrected chi connectivity index (χ3v) is 3.23. The van der Waals surface area contributed by atoms with Crippen LogP contribution >= 0.6 is 0 Å². The molecule has 0 saturated heterocycles. The first-order valence-electron chi connectivity index (χ1n) is 7.20. The second-order valence-electron chi connectivity index (χ2n) is 5.50. The highest BCUT2D eigenvalue weighted by atomic mass is 16.5. The number of hydrogen-bond acceptors (Lipinski definition) is 3. The molecule has 0 aliphatic heterocycles. The van der Waals surface area contributed by atoms with Gasteiger partial charge in [-0.1, -0.05) is 26.0 Å². The Hall–Kier alpha value is -1.55. The zero-order valence-corrected chi connectivity index (χ0v) is 13.0. The van der Waals surface area contributed by atoms with Crippen molar-refractivity contribution in [1.29, 1.82) is 0 Å². The Kier molecular flexibility index (Phi) is 6.52. The van der Waals surface area contributed by atoms with E-state index in [9.17, 15) is 4.79 Å². The second kappa shape index (κ2) is 7.90. The summed E-state index contributed by atoms with van der Waals surface area (Å²) >= 11 is 0. The van der Waals surface area contributed by atoms with Crippen LogP contribution in [0.15, 0.2) is 24.3 Å². The molecule has 0 atom stereocenters. The predicted molar refractivity (Wildman–Crippen MR) is 81.8 cm³/mol. The van der Waals surface area contributed by atoms with Gasteiger partial charge in [-0.2, -0.15) is 0 Å². The van der Waals surface area contributed by atoms with Crippen molar-refractivity contribution < 1.29 is 9.53 Å².